The van der Waals surface area contributed by atoms with Crippen LogP contribution in [0, 0.1) is 0 Å². The van der Waals surface area contributed by atoms with Gasteiger partial charge < -0.3 is 14.2 Å². The molecule has 1 aromatic heterocycles. The highest BCUT2D eigenvalue weighted by Crippen LogP contribution is 2.35. The maximum absolute atomic E-state index is 13.8. The number of hydrogen-bond donors (Lipinski definition) is 0. The Hall–Kier alpha value is -1.66. The summed E-state index contributed by atoms with van der Waals surface area (Å²) in [5, 5.41) is 0.953. The Balaban J connectivity index is 1.98. The van der Waals surface area contributed by atoms with Crippen molar-refractivity contribution in [3.05, 3.63) is 23.6 Å². The minimum atomic E-state index is -1.17. The zero-order valence-corrected chi connectivity index (χ0v) is 12.1. The Labute approximate surface area is 126 Å². The summed E-state index contributed by atoms with van der Waals surface area (Å²) in [6.45, 7) is 0.523. The first-order valence-corrected chi connectivity index (χ1v) is 6.93. The summed E-state index contributed by atoms with van der Waals surface area (Å²) in [6.07, 6.45) is 0.136. The van der Waals surface area contributed by atoms with E-state index in [1.165, 1.54) is 13.4 Å². The van der Waals surface area contributed by atoms with E-state index in [1.807, 2.05) is 0 Å². The highest BCUT2D eigenvalue weighted by molar-refractivity contribution is 6.34. The molecule has 0 unspecified atom stereocenters. The molecule has 21 heavy (non-hydrogen) atoms. The minimum absolute atomic E-state index is 0.0461. The van der Waals surface area contributed by atoms with Crippen molar-refractivity contribution in [2.24, 2.45) is 0 Å². The fraction of sp³-hybridized carbons (Fsp3) is 0.429. The van der Waals surface area contributed by atoms with Crippen LogP contribution in [0.2, 0.25) is 5.15 Å². The summed E-state index contributed by atoms with van der Waals surface area (Å²) in [6, 6.07) is 3.38. The van der Waals surface area contributed by atoms with Gasteiger partial charge in [-0.25, -0.2) is 14.4 Å². The van der Waals surface area contributed by atoms with Crippen molar-refractivity contribution in [2.45, 2.75) is 18.7 Å². The van der Waals surface area contributed by atoms with Gasteiger partial charge in [0.05, 0.1) is 25.8 Å². The number of ether oxygens (including phenoxy) is 3. The lowest BCUT2D eigenvalue weighted by Gasteiger charge is -2.27. The molecule has 2 heterocycles. The molecule has 1 aliphatic rings. The SMILES string of the molecule is COc1cc2ncnc(Cl)c2cc1O[C@H]1CCOC[C@@H]1F. The molecule has 2 atom stereocenters. The monoisotopic (exact) mass is 312 g/mol. The quantitative estimate of drug-likeness (QED) is 0.816. The van der Waals surface area contributed by atoms with Gasteiger partial charge in [0, 0.05) is 17.9 Å². The molecule has 1 aromatic carbocycles. The minimum Gasteiger partial charge on any atom is -0.493 e. The van der Waals surface area contributed by atoms with Crippen LogP contribution in [0.15, 0.2) is 18.5 Å². The maximum Gasteiger partial charge on any atom is 0.162 e. The van der Waals surface area contributed by atoms with E-state index in [0.29, 0.717) is 40.6 Å². The Bertz CT molecular complexity index is 655. The summed E-state index contributed by atoms with van der Waals surface area (Å²) < 4.78 is 29.9. The van der Waals surface area contributed by atoms with Crippen LogP contribution in [-0.2, 0) is 4.74 Å². The molecule has 0 spiro atoms. The molecule has 0 aliphatic carbocycles. The van der Waals surface area contributed by atoms with Crippen LogP contribution in [0.1, 0.15) is 6.42 Å². The summed E-state index contributed by atoms with van der Waals surface area (Å²) in [4.78, 5) is 8.06. The van der Waals surface area contributed by atoms with E-state index in [1.54, 1.807) is 12.1 Å². The number of fused-ring (bicyclic) bond motifs is 1. The maximum atomic E-state index is 13.8. The Kier molecular flexibility index (Phi) is 4.07. The van der Waals surface area contributed by atoms with E-state index in [9.17, 15) is 4.39 Å². The van der Waals surface area contributed by atoms with Gasteiger partial charge in [0.2, 0.25) is 0 Å². The second-order valence-electron chi connectivity index (χ2n) is 4.72. The highest BCUT2D eigenvalue weighted by atomic mass is 35.5. The lowest BCUT2D eigenvalue weighted by Crippen LogP contribution is -2.37. The van der Waals surface area contributed by atoms with Crippen LogP contribution < -0.4 is 9.47 Å². The molecule has 0 radical (unpaired) electrons. The van der Waals surface area contributed by atoms with Gasteiger partial charge in [0.15, 0.2) is 17.7 Å². The van der Waals surface area contributed by atoms with Crippen molar-refractivity contribution in [2.75, 3.05) is 20.3 Å². The number of aromatic nitrogens is 2. The van der Waals surface area contributed by atoms with Crippen molar-refractivity contribution < 1.29 is 18.6 Å². The molecule has 3 rings (SSSR count). The number of nitrogens with zero attached hydrogens (tertiary/aromatic N) is 2. The average molecular weight is 313 g/mol. The van der Waals surface area contributed by atoms with E-state index in [2.05, 4.69) is 9.97 Å². The van der Waals surface area contributed by atoms with Gasteiger partial charge in [-0.1, -0.05) is 11.6 Å². The van der Waals surface area contributed by atoms with Gasteiger partial charge in [0.1, 0.15) is 17.6 Å². The predicted molar refractivity (Wildman–Crippen MR) is 75.8 cm³/mol. The second-order valence-corrected chi connectivity index (χ2v) is 5.08. The number of hydrogen-bond acceptors (Lipinski definition) is 5. The third kappa shape index (κ3) is 2.87. The molecule has 7 heteroatoms. The van der Waals surface area contributed by atoms with E-state index >= 15 is 0 Å². The standard InChI is InChI=1S/C14H14ClFN2O3/c1-19-12-5-10-8(14(15)18-7-17-10)4-13(12)21-11-2-3-20-6-9(11)16/h4-5,7,9,11H,2-3,6H2,1H3/t9-,11-/m0/s1. The molecule has 1 fully saturated rings. The van der Waals surface area contributed by atoms with Crippen LogP contribution in [0.3, 0.4) is 0 Å². The number of alkyl halides is 1. The van der Waals surface area contributed by atoms with Crippen molar-refractivity contribution in [1.29, 1.82) is 0 Å². The summed E-state index contributed by atoms with van der Waals surface area (Å²) in [7, 11) is 1.52. The zero-order valence-electron chi connectivity index (χ0n) is 11.4. The number of halogens is 2. The van der Waals surface area contributed by atoms with Crippen LogP contribution in [-0.4, -0.2) is 42.6 Å². The number of rotatable bonds is 3. The van der Waals surface area contributed by atoms with Crippen molar-refractivity contribution >= 4 is 22.5 Å². The summed E-state index contributed by atoms with van der Waals surface area (Å²) in [5.74, 6) is 0.909. The largest absolute Gasteiger partial charge is 0.493 e. The third-order valence-corrected chi connectivity index (χ3v) is 3.68. The fourth-order valence-corrected chi connectivity index (χ4v) is 2.46. The molecule has 2 aromatic rings. The van der Waals surface area contributed by atoms with Crippen LogP contribution in [0.25, 0.3) is 10.9 Å². The van der Waals surface area contributed by atoms with Gasteiger partial charge >= 0.3 is 0 Å². The smallest absolute Gasteiger partial charge is 0.162 e. The first-order chi connectivity index (χ1) is 10.2. The lowest BCUT2D eigenvalue weighted by molar-refractivity contribution is -0.0388. The molecule has 5 nitrogen and oxygen atoms in total. The third-order valence-electron chi connectivity index (χ3n) is 3.38. The molecule has 112 valence electrons. The Morgan fingerprint density at radius 1 is 1.33 bits per heavy atom. The summed E-state index contributed by atoms with van der Waals surface area (Å²) >= 11 is 6.05. The average Bonchev–Trinajstić information content (AvgIpc) is 2.50. The van der Waals surface area contributed by atoms with E-state index < -0.39 is 12.3 Å². The zero-order chi connectivity index (χ0) is 14.8. The molecule has 0 amide bonds. The van der Waals surface area contributed by atoms with Gasteiger partial charge in [0.25, 0.3) is 0 Å². The Morgan fingerprint density at radius 3 is 2.95 bits per heavy atom. The second kappa shape index (κ2) is 5.99. The molecule has 1 saturated heterocycles. The molecule has 0 bridgehead atoms. The Morgan fingerprint density at radius 2 is 2.19 bits per heavy atom. The number of methoxy groups -OCH3 is 1. The van der Waals surface area contributed by atoms with Crippen molar-refractivity contribution in [1.82, 2.24) is 9.97 Å². The van der Waals surface area contributed by atoms with E-state index in [0.717, 1.165) is 0 Å². The van der Waals surface area contributed by atoms with Gasteiger partial charge in [-0.05, 0) is 6.07 Å². The topological polar surface area (TPSA) is 53.5 Å². The van der Waals surface area contributed by atoms with Gasteiger partial charge in [-0.15, -0.1) is 0 Å². The number of benzene rings is 1. The normalized spacial score (nSPS) is 22.2. The van der Waals surface area contributed by atoms with E-state index in [4.69, 9.17) is 25.8 Å². The van der Waals surface area contributed by atoms with Crippen LogP contribution >= 0.6 is 11.6 Å². The van der Waals surface area contributed by atoms with Gasteiger partial charge in [-0.3, -0.25) is 0 Å². The van der Waals surface area contributed by atoms with Crippen LogP contribution in [0.4, 0.5) is 4.39 Å². The lowest BCUT2D eigenvalue weighted by atomic mass is 10.1. The summed E-state index contributed by atoms with van der Waals surface area (Å²) in [5.41, 5.74) is 0.642. The predicted octanol–water partition coefficient (Wildman–Crippen LogP) is 2.80. The highest BCUT2D eigenvalue weighted by Gasteiger charge is 2.28. The van der Waals surface area contributed by atoms with Crippen molar-refractivity contribution in [3.63, 3.8) is 0 Å². The molecular weight excluding hydrogens is 299 g/mol. The van der Waals surface area contributed by atoms with Crippen LogP contribution in [0.5, 0.6) is 11.5 Å². The molecule has 0 saturated carbocycles. The van der Waals surface area contributed by atoms with E-state index in [-0.39, 0.29) is 6.61 Å². The fourth-order valence-electron chi connectivity index (χ4n) is 2.26. The first kappa shape index (κ1) is 14.3. The first-order valence-electron chi connectivity index (χ1n) is 6.55. The molecular formula is C14H14ClFN2O3. The molecule has 0 N–H and O–H groups in total. The van der Waals surface area contributed by atoms with Gasteiger partial charge in [-0.2, -0.15) is 0 Å². The molecule has 1 aliphatic heterocycles. The van der Waals surface area contributed by atoms with Crippen molar-refractivity contribution in [3.8, 4) is 11.5 Å².